The van der Waals surface area contributed by atoms with Crippen LogP contribution in [0.2, 0.25) is 0 Å². The summed E-state index contributed by atoms with van der Waals surface area (Å²) in [6.07, 6.45) is 0. The summed E-state index contributed by atoms with van der Waals surface area (Å²) in [6.45, 7) is 1.57. The molecule has 3 aromatic rings. The van der Waals surface area contributed by atoms with Crippen molar-refractivity contribution < 1.29 is 18.7 Å². The average molecular weight is 358 g/mol. The molecular formula is C18H15FN2O3S. The quantitative estimate of drug-likeness (QED) is 0.704. The van der Waals surface area contributed by atoms with Gasteiger partial charge in [0.05, 0.1) is 4.88 Å². The Morgan fingerprint density at radius 1 is 1.08 bits per heavy atom. The third kappa shape index (κ3) is 3.95. The summed E-state index contributed by atoms with van der Waals surface area (Å²) in [5, 5.41) is 1.02. The molecule has 1 heterocycles. The van der Waals surface area contributed by atoms with Crippen LogP contribution < -0.4 is 15.6 Å². The predicted octanol–water partition coefficient (Wildman–Crippen LogP) is 3.19. The third-order valence-corrected chi connectivity index (χ3v) is 4.82. The minimum absolute atomic E-state index is 0.294. The molecule has 0 bridgehead atoms. The molecule has 2 N–H and O–H groups in total. The van der Waals surface area contributed by atoms with Crippen LogP contribution in [0.4, 0.5) is 4.39 Å². The number of hydrogen-bond acceptors (Lipinski definition) is 4. The van der Waals surface area contributed by atoms with Gasteiger partial charge in [-0.2, -0.15) is 0 Å². The SMILES string of the molecule is Cc1c(C(=O)NNC(=O)COc2ccc(F)cc2)sc2ccccc12. The molecule has 0 aliphatic carbocycles. The maximum Gasteiger partial charge on any atom is 0.280 e. The normalized spacial score (nSPS) is 10.5. The smallest absolute Gasteiger partial charge is 0.280 e. The van der Waals surface area contributed by atoms with Crippen molar-refractivity contribution in [2.24, 2.45) is 0 Å². The minimum Gasteiger partial charge on any atom is -0.484 e. The molecule has 0 unspecified atom stereocenters. The number of hydrazine groups is 1. The van der Waals surface area contributed by atoms with Crippen LogP contribution in [0.15, 0.2) is 48.5 Å². The number of rotatable bonds is 4. The first-order chi connectivity index (χ1) is 12.0. The van der Waals surface area contributed by atoms with E-state index in [1.807, 2.05) is 31.2 Å². The van der Waals surface area contributed by atoms with Gasteiger partial charge < -0.3 is 4.74 Å². The van der Waals surface area contributed by atoms with Crippen LogP contribution in [0.1, 0.15) is 15.2 Å². The zero-order valence-corrected chi connectivity index (χ0v) is 14.2. The molecule has 3 rings (SSSR count). The third-order valence-electron chi connectivity index (χ3n) is 3.55. The monoisotopic (exact) mass is 358 g/mol. The van der Waals surface area contributed by atoms with E-state index in [4.69, 9.17) is 4.74 Å². The molecule has 25 heavy (non-hydrogen) atoms. The van der Waals surface area contributed by atoms with E-state index in [1.54, 1.807) is 0 Å². The van der Waals surface area contributed by atoms with Crippen molar-refractivity contribution in [3.05, 3.63) is 64.8 Å². The molecule has 1 aromatic heterocycles. The van der Waals surface area contributed by atoms with Crippen LogP contribution in [-0.2, 0) is 4.79 Å². The van der Waals surface area contributed by atoms with E-state index >= 15 is 0 Å². The summed E-state index contributed by atoms with van der Waals surface area (Å²) in [5.74, 6) is -0.920. The molecule has 0 aliphatic rings. The van der Waals surface area contributed by atoms with E-state index in [-0.39, 0.29) is 18.3 Å². The van der Waals surface area contributed by atoms with Crippen LogP contribution in [-0.4, -0.2) is 18.4 Å². The number of fused-ring (bicyclic) bond motifs is 1. The number of carbonyl (C=O) groups excluding carboxylic acids is 2. The van der Waals surface area contributed by atoms with Gasteiger partial charge >= 0.3 is 0 Å². The molecular weight excluding hydrogens is 343 g/mol. The number of ether oxygens (including phenoxy) is 1. The van der Waals surface area contributed by atoms with E-state index in [0.717, 1.165) is 15.6 Å². The van der Waals surface area contributed by atoms with E-state index in [9.17, 15) is 14.0 Å². The van der Waals surface area contributed by atoms with Crippen LogP contribution in [0.25, 0.3) is 10.1 Å². The standard InChI is InChI=1S/C18H15FN2O3S/c1-11-14-4-2-3-5-15(14)25-17(11)18(23)21-20-16(22)10-24-13-8-6-12(19)7-9-13/h2-9H,10H2,1H3,(H,20,22)(H,21,23). The molecule has 0 saturated carbocycles. The maximum absolute atomic E-state index is 12.8. The van der Waals surface area contributed by atoms with Gasteiger partial charge in [0, 0.05) is 4.70 Å². The van der Waals surface area contributed by atoms with E-state index in [2.05, 4.69) is 10.9 Å². The predicted molar refractivity (Wildman–Crippen MR) is 94.1 cm³/mol. The Balaban J connectivity index is 1.55. The molecule has 0 fully saturated rings. The van der Waals surface area contributed by atoms with Gasteiger partial charge in [-0.05, 0) is 48.2 Å². The zero-order chi connectivity index (χ0) is 17.8. The summed E-state index contributed by atoms with van der Waals surface area (Å²) in [5.41, 5.74) is 5.55. The highest BCUT2D eigenvalue weighted by Gasteiger charge is 2.15. The molecule has 5 nitrogen and oxygen atoms in total. The fourth-order valence-corrected chi connectivity index (χ4v) is 3.39. The topological polar surface area (TPSA) is 67.4 Å². The number of thiophene rings is 1. The molecule has 7 heteroatoms. The molecule has 2 amide bonds. The van der Waals surface area contributed by atoms with Gasteiger partial charge in [-0.25, -0.2) is 4.39 Å². The largest absolute Gasteiger partial charge is 0.484 e. The fraction of sp³-hybridized carbons (Fsp3) is 0.111. The van der Waals surface area contributed by atoms with Gasteiger partial charge in [-0.1, -0.05) is 18.2 Å². The second-order valence-electron chi connectivity index (χ2n) is 5.30. The second kappa shape index (κ2) is 7.31. The van der Waals surface area contributed by atoms with Crippen LogP contribution in [0, 0.1) is 12.7 Å². The first-order valence-electron chi connectivity index (χ1n) is 7.50. The lowest BCUT2D eigenvalue weighted by Crippen LogP contribution is -2.43. The lowest BCUT2D eigenvalue weighted by Gasteiger charge is -2.08. The number of hydrogen-bond donors (Lipinski definition) is 2. The first kappa shape index (κ1) is 16.9. The number of carbonyl (C=O) groups is 2. The summed E-state index contributed by atoms with van der Waals surface area (Å²) in [6, 6.07) is 13.0. The van der Waals surface area contributed by atoms with Crippen molar-refractivity contribution in [1.29, 1.82) is 0 Å². The number of nitrogens with one attached hydrogen (secondary N) is 2. The first-order valence-corrected chi connectivity index (χ1v) is 8.32. The highest BCUT2D eigenvalue weighted by atomic mass is 32.1. The lowest BCUT2D eigenvalue weighted by atomic mass is 10.1. The van der Waals surface area contributed by atoms with Crippen molar-refractivity contribution in [3.8, 4) is 5.75 Å². The molecule has 128 valence electrons. The molecule has 0 saturated heterocycles. The Morgan fingerprint density at radius 3 is 2.52 bits per heavy atom. The summed E-state index contributed by atoms with van der Waals surface area (Å²) in [4.78, 5) is 24.6. The lowest BCUT2D eigenvalue weighted by molar-refractivity contribution is -0.123. The summed E-state index contributed by atoms with van der Waals surface area (Å²) >= 11 is 1.37. The van der Waals surface area contributed by atoms with Gasteiger partial charge in [0.2, 0.25) is 0 Å². The van der Waals surface area contributed by atoms with Crippen LogP contribution in [0.3, 0.4) is 0 Å². The zero-order valence-electron chi connectivity index (χ0n) is 13.3. The number of amides is 2. The summed E-state index contributed by atoms with van der Waals surface area (Å²) < 4.78 is 19.0. The Labute approximate surface area is 147 Å². The van der Waals surface area contributed by atoms with Gasteiger partial charge in [0.1, 0.15) is 11.6 Å². The van der Waals surface area contributed by atoms with Gasteiger partial charge in [-0.15, -0.1) is 11.3 Å². The van der Waals surface area contributed by atoms with E-state index in [1.165, 1.54) is 35.6 Å². The maximum atomic E-state index is 12.8. The van der Waals surface area contributed by atoms with Crippen LogP contribution in [0.5, 0.6) is 5.75 Å². The molecule has 0 aliphatic heterocycles. The molecule has 0 spiro atoms. The number of aryl methyl sites for hydroxylation is 1. The van der Waals surface area contributed by atoms with Crippen molar-refractivity contribution in [3.63, 3.8) is 0 Å². The van der Waals surface area contributed by atoms with E-state index in [0.29, 0.717) is 10.6 Å². The average Bonchev–Trinajstić information content (AvgIpc) is 2.96. The van der Waals surface area contributed by atoms with Gasteiger partial charge in [0.25, 0.3) is 11.8 Å². The van der Waals surface area contributed by atoms with Crippen molar-refractivity contribution in [2.75, 3.05) is 6.61 Å². The summed E-state index contributed by atoms with van der Waals surface area (Å²) in [7, 11) is 0. The van der Waals surface area contributed by atoms with Crippen molar-refractivity contribution in [2.45, 2.75) is 6.92 Å². The van der Waals surface area contributed by atoms with Gasteiger partial charge in [0.15, 0.2) is 6.61 Å². The fourth-order valence-electron chi connectivity index (χ4n) is 2.29. The molecule has 2 aromatic carbocycles. The van der Waals surface area contributed by atoms with Gasteiger partial charge in [-0.3, -0.25) is 20.4 Å². The Kier molecular flexibility index (Phi) is 4.95. The molecule has 0 radical (unpaired) electrons. The highest BCUT2D eigenvalue weighted by Crippen LogP contribution is 2.30. The van der Waals surface area contributed by atoms with E-state index < -0.39 is 5.91 Å². The number of halogens is 1. The Bertz CT molecular complexity index is 922. The minimum atomic E-state index is -0.517. The highest BCUT2D eigenvalue weighted by molar-refractivity contribution is 7.21. The van der Waals surface area contributed by atoms with Crippen LogP contribution >= 0.6 is 11.3 Å². The molecule has 0 atom stereocenters. The Hall–Kier alpha value is -2.93. The Morgan fingerprint density at radius 2 is 1.80 bits per heavy atom. The second-order valence-corrected chi connectivity index (χ2v) is 6.35. The van der Waals surface area contributed by atoms with Crippen molar-refractivity contribution >= 4 is 33.2 Å². The number of benzene rings is 2. The van der Waals surface area contributed by atoms with Crippen molar-refractivity contribution in [1.82, 2.24) is 10.9 Å².